The van der Waals surface area contributed by atoms with E-state index in [-0.39, 0.29) is 17.0 Å². The summed E-state index contributed by atoms with van der Waals surface area (Å²) < 4.78 is 31.0. The molecule has 1 amide bonds. The maximum atomic E-state index is 15.1. The van der Waals surface area contributed by atoms with Crippen molar-refractivity contribution in [2.45, 2.75) is 42.5 Å². The number of aromatic hydroxyl groups is 1. The third kappa shape index (κ3) is 4.00. The van der Waals surface area contributed by atoms with Crippen molar-refractivity contribution < 1.29 is 18.7 Å². The monoisotopic (exact) mass is 498 g/mol. The van der Waals surface area contributed by atoms with Gasteiger partial charge in [0.1, 0.15) is 6.17 Å². The van der Waals surface area contributed by atoms with Crippen molar-refractivity contribution in [1.82, 2.24) is 19.8 Å². The van der Waals surface area contributed by atoms with E-state index in [9.17, 15) is 19.1 Å². The van der Waals surface area contributed by atoms with E-state index in [4.69, 9.17) is 0 Å². The van der Waals surface area contributed by atoms with Crippen molar-refractivity contribution in [1.29, 1.82) is 0 Å². The van der Waals surface area contributed by atoms with Gasteiger partial charge in [0.05, 0.1) is 11.9 Å². The van der Waals surface area contributed by atoms with Gasteiger partial charge in [-0.05, 0) is 43.0 Å². The third-order valence-corrected chi connectivity index (χ3v) is 7.86. The molecule has 10 heteroatoms. The van der Waals surface area contributed by atoms with E-state index in [0.29, 0.717) is 18.7 Å². The number of hydrazine groups is 1. The summed E-state index contributed by atoms with van der Waals surface area (Å²) in [4.78, 5) is 25.1. The number of carbonyl (C=O) groups excluding carboxylic acids is 1. The summed E-state index contributed by atoms with van der Waals surface area (Å²) in [5.41, 5.74) is 1.29. The molecule has 2 aliphatic heterocycles. The molecule has 2 atom stereocenters. The Morgan fingerprint density at radius 3 is 2.71 bits per heavy atom. The average molecular weight is 499 g/mol. The second-order valence-electron chi connectivity index (χ2n) is 8.67. The highest BCUT2D eigenvalue weighted by Gasteiger charge is 2.40. The van der Waals surface area contributed by atoms with Gasteiger partial charge in [-0.1, -0.05) is 24.3 Å². The number of rotatable bonds is 4. The molecule has 3 aromatic rings. The number of hydrogen-bond acceptors (Lipinski definition) is 6. The molecule has 1 saturated heterocycles. The van der Waals surface area contributed by atoms with Gasteiger partial charge in [-0.3, -0.25) is 14.6 Å². The highest BCUT2D eigenvalue weighted by molar-refractivity contribution is 7.98. The Balaban J connectivity index is 1.83. The minimum absolute atomic E-state index is 0.220. The summed E-state index contributed by atoms with van der Waals surface area (Å²) in [6.07, 6.45) is 2.66. The molecule has 5 rings (SSSR count). The highest BCUT2D eigenvalue weighted by atomic mass is 32.2. The zero-order chi connectivity index (χ0) is 24.7. The van der Waals surface area contributed by atoms with Gasteiger partial charge < -0.3 is 5.11 Å². The van der Waals surface area contributed by atoms with E-state index in [1.807, 2.05) is 29.3 Å². The van der Waals surface area contributed by atoms with Gasteiger partial charge in [-0.2, -0.15) is 10.1 Å². The minimum atomic E-state index is -0.923. The molecular formula is C25H24F2N4O3S. The molecule has 1 aromatic heterocycles. The highest BCUT2D eigenvalue weighted by Crippen LogP contribution is 2.48. The van der Waals surface area contributed by atoms with E-state index in [1.54, 1.807) is 18.0 Å². The molecule has 7 nitrogen and oxygen atoms in total. The molecule has 2 aliphatic rings. The molecule has 0 bridgehead atoms. The number of halogens is 2. The van der Waals surface area contributed by atoms with Crippen molar-refractivity contribution in [2.24, 2.45) is 0 Å². The Labute approximate surface area is 204 Å². The predicted octanol–water partition coefficient (Wildman–Crippen LogP) is 3.94. The van der Waals surface area contributed by atoms with Gasteiger partial charge in [0, 0.05) is 35.2 Å². The predicted molar refractivity (Wildman–Crippen MR) is 127 cm³/mol. The molecule has 0 saturated carbocycles. The first kappa shape index (κ1) is 23.5. The maximum absolute atomic E-state index is 15.1. The largest absolute Gasteiger partial charge is 0.503 e. The first-order valence-corrected chi connectivity index (χ1v) is 12.3. The fourth-order valence-electron chi connectivity index (χ4n) is 5.01. The van der Waals surface area contributed by atoms with Crippen LogP contribution >= 0.6 is 11.8 Å². The summed E-state index contributed by atoms with van der Waals surface area (Å²) in [6.45, 7) is 2.57. The lowest BCUT2D eigenvalue weighted by molar-refractivity contribution is -0.152. The van der Waals surface area contributed by atoms with Crippen LogP contribution in [0.3, 0.4) is 0 Å². The van der Waals surface area contributed by atoms with Gasteiger partial charge in [-0.15, -0.1) is 11.8 Å². The quantitative estimate of drug-likeness (QED) is 0.549. The van der Waals surface area contributed by atoms with Crippen LogP contribution in [0.5, 0.6) is 5.75 Å². The van der Waals surface area contributed by atoms with E-state index in [0.717, 1.165) is 42.0 Å². The van der Waals surface area contributed by atoms with Gasteiger partial charge in [0.15, 0.2) is 17.4 Å². The topological polar surface area (TPSA) is 78.7 Å². The molecular weight excluding hydrogens is 474 g/mol. The molecule has 3 heterocycles. The van der Waals surface area contributed by atoms with Gasteiger partial charge in [-0.25, -0.2) is 13.5 Å². The Hall–Kier alpha value is -3.24. The first-order valence-electron chi connectivity index (χ1n) is 11.4. The smallest absolute Gasteiger partial charge is 0.241 e. The maximum Gasteiger partial charge on any atom is 0.241 e. The molecule has 182 valence electrons. The van der Waals surface area contributed by atoms with E-state index in [2.05, 4.69) is 5.10 Å². The van der Waals surface area contributed by atoms with Crippen LogP contribution in [0.2, 0.25) is 0 Å². The van der Waals surface area contributed by atoms with Crippen LogP contribution in [-0.4, -0.2) is 44.4 Å². The minimum Gasteiger partial charge on any atom is -0.503 e. The summed E-state index contributed by atoms with van der Waals surface area (Å²) in [6, 6.07) is 10.3. The van der Waals surface area contributed by atoms with Crippen LogP contribution in [0, 0.1) is 18.6 Å². The lowest BCUT2D eigenvalue weighted by atomic mass is 9.85. The number of carbonyl (C=O) groups is 1. The summed E-state index contributed by atoms with van der Waals surface area (Å²) >= 11 is 1.42. The number of benzene rings is 2. The van der Waals surface area contributed by atoms with Crippen LogP contribution < -0.4 is 5.43 Å². The van der Waals surface area contributed by atoms with E-state index < -0.39 is 34.9 Å². The molecule has 35 heavy (non-hydrogen) atoms. The second kappa shape index (κ2) is 9.43. The molecule has 0 spiro atoms. The number of aromatic nitrogens is 2. The van der Waals surface area contributed by atoms with Crippen LogP contribution in [0.1, 0.15) is 47.3 Å². The number of fused-ring (bicyclic) bond motifs is 2. The number of hydrogen-bond donors (Lipinski definition) is 1. The van der Waals surface area contributed by atoms with E-state index in [1.165, 1.54) is 16.4 Å². The lowest BCUT2D eigenvalue weighted by Crippen LogP contribution is -2.52. The number of amides is 1. The van der Waals surface area contributed by atoms with E-state index >= 15 is 4.39 Å². The Kier molecular flexibility index (Phi) is 6.33. The molecule has 2 aromatic carbocycles. The zero-order valence-corrected chi connectivity index (χ0v) is 19.8. The first-order chi connectivity index (χ1) is 16.9. The molecule has 0 aliphatic carbocycles. The van der Waals surface area contributed by atoms with Gasteiger partial charge in [0.25, 0.3) is 0 Å². The van der Waals surface area contributed by atoms with Crippen molar-refractivity contribution >= 4 is 18.2 Å². The Bertz CT molecular complexity index is 1350. The fourth-order valence-corrected chi connectivity index (χ4v) is 6.14. The standard InChI is InChI=1S/C25H24F2N4O3S/c1-15-24(34)20(33)12-28-31(15)25(30-11-5-4-10-29(30)14-32)22-16-8-9-19(26)23(27)18(16)13-35-21-7-3-2-6-17(21)22/h2-3,6-9,12,14,22,25,34H,4-5,10-11,13H2,1H3. The van der Waals surface area contributed by atoms with Crippen LogP contribution in [0.4, 0.5) is 8.78 Å². The van der Waals surface area contributed by atoms with Crippen molar-refractivity contribution in [3.05, 3.63) is 86.8 Å². The van der Waals surface area contributed by atoms with Crippen LogP contribution in [0.15, 0.2) is 52.3 Å². The molecule has 1 fully saturated rings. The summed E-state index contributed by atoms with van der Waals surface area (Å²) in [5.74, 6) is -2.61. The van der Waals surface area contributed by atoms with Gasteiger partial charge >= 0.3 is 0 Å². The average Bonchev–Trinajstić information content (AvgIpc) is 3.04. The fraction of sp³-hybridized carbons (Fsp3) is 0.320. The van der Waals surface area contributed by atoms with Crippen LogP contribution in [-0.2, 0) is 10.5 Å². The van der Waals surface area contributed by atoms with Crippen LogP contribution in [0.25, 0.3) is 0 Å². The summed E-state index contributed by atoms with van der Waals surface area (Å²) in [7, 11) is 0. The SMILES string of the molecule is Cc1c(O)c(=O)cnn1C(C1c2ccccc2SCc2c1ccc(F)c2F)N1CCCCN1C=O. The zero-order valence-electron chi connectivity index (χ0n) is 19.0. The number of thioether (sulfide) groups is 1. The Morgan fingerprint density at radius 1 is 1.14 bits per heavy atom. The van der Waals surface area contributed by atoms with Crippen molar-refractivity contribution in [2.75, 3.05) is 13.1 Å². The normalized spacial score (nSPS) is 18.9. The Morgan fingerprint density at radius 2 is 1.91 bits per heavy atom. The third-order valence-electron chi connectivity index (χ3n) is 6.74. The lowest BCUT2D eigenvalue weighted by Gasteiger charge is -2.45. The number of nitrogens with zero attached hydrogens (tertiary/aromatic N) is 4. The second-order valence-corrected chi connectivity index (χ2v) is 9.69. The van der Waals surface area contributed by atoms with Gasteiger partial charge in [0.2, 0.25) is 11.8 Å². The molecule has 1 N–H and O–H groups in total. The molecule has 2 unspecified atom stereocenters. The van der Waals surface area contributed by atoms with Crippen molar-refractivity contribution in [3.8, 4) is 5.75 Å². The molecule has 0 radical (unpaired) electrons. The van der Waals surface area contributed by atoms with Crippen molar-refractivity contribution in [3.63, 3.8) is 0 Å². The summed E-state index contributed by atoms with van der Waals surface area (Å²) in [5, 5.41) is 18.3.